The van der Waals surface area contributed by atoms with Gasteiger partial charge in [0, 0.05) is 13.6 Å². The minimum Gasteiger partial charge on any atom is -0.389 e. The number of benzene rings is 1. The Bertz CT molecular complexity index is 1060. The van der Waals surface area contributed by atoms with Crippen molar-refractivity contribution in [2.45, 2.75) is 12.6 Å². The van der Waals surface area contributed by atoms with Crippen molar-refractivity contribution in [2.24, 2.45) is 7.05 Å². The zero-order chi connectivity index (χ0) is 20.7. The Hall–Kier alpha value is -3.08. The van der Waals surface area contributed by atoms with E-state index in [-0.39, 0.29) is 27.8 Å². The van der Waals surface area contributed by atoms with Crippen LogP contribution in [0.25, 0.3) is 10.6 Å². The maximum atomic E-state index is 14.0. The van der Waals surface area contributed by atoms with Crippen LogP contribution < -0.4 is 16.0 Å². The third kappa shape index (κ3) is 3.53. The minimum atomic E-state index is -0.944. The smallest absolute Gasteiger partial charge is 0.277 e. The minimum absolute atomic E-state index is 0.0237. The number of rotatable bonds is 4. The van der Waals surface area contributed by atoms with E-state index in [2.05, 4.69) is 15.4 Å². The number of thiazole rings is 1. The topological polar surface area (TPSA) is 89.1 Å². The summed E-state index contributed by atoms with van der Waals surface area (Å²) in [6, 6.07) is 3.45. The van der Waals surface area contributed by atoms with Gasteiger partial charge in [-0.15, -0.1) is 0 Å². The molecule has 7 nitrogen and oxygen atoms in total. The van der Waals surface area contributed by atoms with E-state index >= 15 is 0 Å². The normalized spacial score (nSPS) is 16.4. The van der Waals surface area contributed by atoms with Crippen molar-refractivity contribution in [3.8, 4) is 10.6 Å². The fourth-order valence-corrected chi connectivity index (χ4v) is 4.17. The number of carbonyl (C=O) groups is 1. The molecule has 0 bridgehead atoms. The zero-order valence-corrected chi connectivity index (χ0v) is 16.1. The second kappa shape index (κ2) is 7.39. The monoisotopic (exact) mass is 422 g/mol. The average molecular weight is 422 g/mol. The number of nitrogens with zero attached hydrogens (tertiary/aromatic N) is 4. The quantitative estimate of drug-likeness (QED) is 0.674. The summed E-state index contributed by atoms with van der Waals surface area (Å²) in [5.41, 5.74) is 5.78. The van der Waals surface area contributed by atoms with Gasteiger partial charge in [0.1, 0.15) is 33.5 Å². The molecule has 1 aromatic carbocycles. The Balaban J connectivity index is 1.62. The summed E-state index contributed by atoms with van der Waals surface area (Å²) in [7, 11) is 1.69. The van der Waals surface area contributed by atoms with Crippen molar-refractivity contribution < 1.29 is 18.0 Å². The molecule has 1 amide bonds. The molecule has 3 heterocycles. The lowest BCUT2D eigenvalue weighted by molar-refractivity contribution is 0.102. The highest BCUT2D eigenvalue weighted by molar-refractivity contribution is 7.19. The number of nitrogens with one attached hydrogen (secondary N) is 1. The molecule has 1 atom stereocenters. The van der Waals surface area contributed by atoms with E-state index in [1.165, 1.54) is 16.9 Å². The molecule has 0 aliphatic carbocycles. The van der Waals surface area contributed by atoms with E-state index in [1.54, 1.807) is 11.9 Å². The van der Waals surface area contributed by atoms with Crippen LogP contribution in [0.3, 0.4) is 0 Å². The Morgan fingerprint density at radius 3 is 2.72 bits per heavy atom. The molecule has 29 heavy (non-hydrogen) atoms. The van der Waals surface area contributed by atoms with Crippen molar-refractivity contribution in [2.75, 3.05) is 29.0 Å². The van der Waals surface area contributed by atoms with Crippen molar-refractivity contribution in [3.63, 3.8) is 0 Å². The Kier molecular flexibility index (Phi) is 4.91. The van der Waals surface area contributed by atoms with Gasteiger partial charge in [-0.25, -0.2) is 18.2 Å². The van der Waals surface area contributed by atoms with E-state index in [1.807, 2.05) is 0 Å². The highest BCUT2D eigenvalue weighted by Crippen LogP contribution is 2.34. The largest absolute Gasteiger partial charge is 0.389 e. The first-order valence-electron chi connectivity index (χ1n) is 8.78. The van der Waals surface area contributed by atoms with Gasteiger partial charge in [-0.3, -0.25) is 9.48 Å². The summed E-state index contributed by atoms with van der Waals surface area (Å²) < 4.78 is 43.2. The second-order valence-corrected chi connectivity index (χ2v) is 7.65. The zero-order valence-electron chi connectivity index (χ0n) is 15.3. The number of aromatic nitrogens is 3. The van der Waals surface area contributed by atoms with Crippen LogP contribution in [0.15, 0.2) is 24.4 Å². The van der Waals surface area contributed by atoms with Crippen molar-refractivity contribution in [3.05, 3.63) is 41.7 Å². The summed E-state index contributed by atoms with van der Waals surface area (Å²) in [5, 5.41) is 6.78. The van der Waals surface area contributed by atoms with Gasteiger partial charge < -0.3 is 16.0 Å². The van der Waals surface area contributed by atoms with Gasteiger partial charge in [0.15, 0.2) is 11.5 Å². The van der Waals surface area contributed by atoms with Gasteiger partial charge in [-0.1, -0.05) is 17.4 Å². The van der Waals surface area contributed by atoms with Crippen LogP contribution in [-0.4, -0.2) is 39.9 Å². The van der Waals surface area contributed by atoms with E-state index in [0.29, 0.717) is 24.5 Å². The SMILES string of the molecule is Cn1ncc(NC(=O)c2nc(-c3c(F)cccc3F)sc2N)c1N1CC[C@@H](F)C1. The van der Waals surface area contributed by atoms with Crippen LogP contribution in [0, 0.1) is 11.6 Å². The summed E-state index contributed by atoms with van der Waals surface area (Å²) in [4.78, 5) is 18.6. The molecule has 0 spiro atoms. The lowest BCUT2D eigenvalue weighted by Crippen LogP contribution is -2.24. The first kappa shape index (κ1) is 19.2. The van der Waals surface area contributed by atoms with Gasteiger partial charge in [0.25, 0.3) is 5.91 Å². The third-order valence-electron chi connectivity index (χ3n) is 4.63. The summed E-state index contributed by atoms with van der Waals surface area (Å²) in [6.07, 6.45) is 0.898. The van der Waals surface area contributed by atoms with Gasteiger partial charge in [0.2, 0.25) is 0 Å². The Morgan fingerprint density at radius 1 is 1.34 bits per heavy atom. The maximum Gasteiger partial charge on any atom is 0.277 e. The Labute approximate surface area is 168 Å². The molecule has 1 fully saturated rings. The molecule has 1 saturated heterocycles. The average Bonchev–Trinajstić information content (AvgIpc) is 3.34. The molecule has 2 aromatic heterocycles. The lowest BCUT2D eigenvalue weighted by atomic mass is 10.2. The van der Waals surface area contributed by atoms with Crippen molar-refractivity contribution >= 4 is 33.8 Å². The summed E-state index contributed by atoms with van der Waals surface area (Å²) in [6.45, 7) is 0.705. The molecule has 3 aromatic rings. The molecule has 4 rings (SSSR count). The standard InChI is InChI=1S/C18H17F3N6OS/c1-26-18(27-6-5-9(19)8-27)12(7-23-26)24-16(28)14-15(22)29-17(25-14)13-10(20)3-2-4-11(13)21/h2-4,7,9H,5-6,8,22H2,1H3,(H,24,28)/t9-/m1/s1. The number of hydrogen-bond acceptors (Lipinski definition) is 6. The molecule has 152 valence electrons. The van der Waals surface area contributed by atoms with E-state index < -0.39 is 23.7 Å². The number of halogens is 3. The molecular weight excluding hydrogens is 405 g/mol. The highest BCUT2D eigenvalue weighted by Gasteiger charge is 2.28. The third-order valence-corrected chi connectivity index (χ3v) is 5.53. The van der Waals surface area contributed by atoms with Crippen LogP contribution in [-0.2, 0) is 7.05 Å². The number of nitrogens with two attached hydrogens (primary N) is 1. The first-order valence-corrected chi connectivity index (χ1v) is 9.60. The van der Waals surface area contributed by atoms with Gasteiger partial charge >= 0.3 is 0 Å². The van der Waals surface area contributed by atoms with Crippen LogP contribution >= 0.6 is 11.3 Å². The van der Waals surface area contributed by atoms with Gasteiger partial charge in [0.05, 0.1) is 18.3 Å². The predicted octanol–water partition coefficient (Wildman–Crippen LogP) is 3.20. The number of carbonyl (C=O) groups excluding carboxylic acids is 1. The number of amides is 1. The fourth-order valence-electron chi connectivity index (χ4n) is 3.29. The van der Waals surface area contributed by atoms with Crippen LogP contribution in [0.4, 0.5) is 29.7 Å². The van der Waals surface area contributed by atoms with Crippen molar-refractivity contribution in [1.82, 2.24) is 14.8 Å². The molecule has 11 heteroatoms. The molecule has 0 saturated carbocycles. The summed E-state index contributed by atoms with van der Waals surface area (Å²) >= 11 is 0.815. The Morgan fingerprint density at radius 2 is 2.07 bits per heavy atom. The van der Waals surface area contributed by atoms with E-state index in [4.69, 9.17) is 5.73 Å². The van der Waals surface area contributed by atoms with Gasteiger partial charge in [-0.2, -0.15) is 5.10 Å². The number of aryl methyl sites for hydroxylation is 1. The number of anilines is 3. The lowest BCUT2D eigenvalue weighted by Gasteiger charge is -2.19. The van der Waals surface area contributed by atoms with Crippen LogP contribution in [0.2, 0.25) is 0 Å². The van der Waals surface area contributed by atoms with E-state index in [9.17, 15) is 18.0 Å². The molecular formula is C18H17F3N6OS. The van der Waals surface area contributed by atoms with Crippen molar-refractivity contribution in [1.29, 1.82) is 0 Å². The molecule has 1 aliphatic heterocycles. The first-order chi connectivity index (χ1) is 13.8. The number of nitrogen functional groups attached to an aromatic ring is 1. The fraction of sp³-hybridized carbons (Fsp3) is 0.278. The van der Waals surface area contributed by atoms with Crippen LogP contribution in [0.5, 0.6) is 0 Å². The molecule has 0 radical (unpaired) electrons. The second-order valence-electron chi connectivity index (χ2n) is 6.62. The van der Waals surface area contributed by atoms with E-state index in [0.717, 1.165) is 23.5 Å². The molecule has 1 aliphatic rings. The predicted molar refractivity (Wildman–Crippen MR) is 105 cm³/mol. The maximum absolute atomic E-state index is 14.0. The number of alkyl halides is 1. The number of hydrogen-bond donors (Lipinski definition) is 2. The molecule has 3 N–H and O–H groups in total. The highest BCUT2D eigenvalue weighted by atomic mass is 32.1. The van der Waals surface area contributed by atoms with Crippen LogP contribution in [0.1, 0.15) is 16.9 Å². The summed E-state index contributed by atoms with van der Waals surface area (Å²) in [5.74, 6) is -1.68. The molecule has 0 unspecified atom stereocenters. The van der Waals surface area contributed by atoms with Gasteiger partial charge in [-0.05, 0) is 18.6 Å².